The summed E-state index contributed by atoms with van der Waals surface area (Å²) in [5, 5.41) is 21.2. The SMILES string of the molecule is CNc1ccc(-c2ncc3c(ccn3C3CCC(N(C)C)CC3)c2-c2ccc(C#N)c(F)c2)cc1C=N. The second-order valence-electron chi connectivity index (χ2n) is 9.93. The smallest absolute Gasteiger partial charge is 0.141 e. The van der Waals surface area contributed by atoms with Crippen LogP contribution in [0, 0.1) is 22.6 Å². The number of fused-ring (bicyclic) bond motifs is 1. The van der Waals surface area contributed by atoms with Crippen molar-refractivity contribution in [2.24, 2.45) is 0 Å². The Morgan fingerprint density at radius 1 is 1.11 bits per heavy atom. The molecule has 37 heavy (non-hydrogen) atoms. The van der Waals surface area contributed by atoms with Crippen LogP contribution in [0.25, 0.3) is 33.3 Å². The summed E-state index contributed by atoms with van der Waals surface area (Å²) in [7, 11) is 6.13. The molecule has 2 heterocycles. The first-order chi connectivity index (χ1) is 17.9. The second-order valence-corrected chi connectivity index (χ2v) is 9.93. The molecule has 2 aromatic carbocycles. The maximum absolute atomic E-state index is 14.8. The molecule has 0 unspecified atom stereocenters. The van der Waals surface area contributed by atoms with Crippen molar-refractivity contribution in [3.05, 3.63) is 71.8 Å². The maximum Gasteiger partial charge on any atom is 0.141 e. The van der Waals surface area contributed by atoms with Gasteiger partial charge in [-0.15, -0.1) is 0 Å². The first-order valence-corrected chi connectivity index (χ1v) is 12.6. The van der Waals surface area contributed by atoms with Gasteiger partial charge in [0.25, 0.3) is 0 Å². The molecule has 6 nitrogen and oxygen atoms in total. The van der Waals surface area contributed by atoms with E-state index in [1.807, 2.05) is 37.5 Å². The van der Waals surface area contributed by atoms with Crippen molar-refractivity contribution >= 4 is 22.8 Å². The zero-order chi connectivity index (χ0) is 26.1. The van der Waals surface area contributed by atoms with Crippen molar-refractivity contribution in [2.75, 3.05) is 26.5 Å². The number of hydrogen-bond donors (Lipinski definition) is 2. The average molecular weight is 495 g/mol. The summed E-state index contributed by atoms with van der Waals surface area (Å²) in [6, 6.07) is 15.6. The molecule has 1 aliphatic carbocycles. The minimum Gasteiger partial charge on any atom is -0.388 e. The number of benzene rings is 2. The molecule has 0 radical (unpaired) electrons. The maximum atomic E-state index is 14.8. The van der Waals surface area contributed by atoms with Gasteiger partial charge in [-0.25, -0.2) is 4.39 Å². The van der Waals surface area contributed by atoms with Gasteiger partial charge in [0.15, 0.2) is 0 Å². The number of rotatable bonds is 6. The van der Waals surface area contributed by atoms with Gasteiger partial charge in [-0.05, 0) is 75.7 Å². The highest BCUT2D eigenvalue weighted by Crippen LogP contribution is 2.40. The van der Waals surface area contributed by atoms with E-state index >= 15 is 0 Å². The molecule has 2 aromatic heterocycles. The molecule has 0 atom stereocenters. The molecule has 1 fully saturated rings. The van der Waals surface area contributed by atoms with Gasteiger partial charge in [0.1, 0.15) is 11.9 Å². The summed E-state index contributed by atoms with van der Waals surface area (Å²) >= 11 is 0. The van der Waals surface area contributed by atoms with E-state index in [1.165, 1.54) is 18.3 Å². The third kappa shape index (κ3) is 4.49. The molecule has 4 aromatic rings. The molecule has 0 amide bonds. The number of nitrogens with one attached hydrogen (secondary N) is 2. The Kier molecular flexibility index (Phi) is 6.77. The van der Waals surface area contributed by atoms with Crippen molar-refractivity contribution in [1.82, 2.24) is 14.5 Å². The Bertz CT molecular complexity index is 1500. The van der Waals surface area contributed by atoms with Crippen LogP contribution >= 0.6 is 0 Å². The van der Waals surface area contributed by atoms with Gasteiger partial charge in [0, 0.05) is 59.3 Å². The first-order valence-electron chi connectivity index (χ1n) is 12.6. The van der Waals surface area contributed by atoms with Crippen LogP contribution in [-0.4, -0.2) is 47.9 Å². The van der Waals surface area contributed by atoms with Crippen LogP contribution in [-0.2, 0) is 0 Å². The second kappa shape index (κ2) is 10.2. The number of anilines is 1. The van der Waals surface area contributed by atoms with Crippen LogP contribution in [0.1, 0.15) is 42.9 Å². The highest BCUT2D eigenvalue weighted by atomic mass is 19.1. The van der Waals surface area contributed by atoms with Crippen LogP contribution in [0.5, 0.6) is 0 Å². The molecule has 1 aliphatic rings. The summed E-state index contributed by atoms with van der Waals surface area (Å²) in [6.45, 7) is 0. The molecule has 5 rings (SSSR count). The van der Waals surface area contributed by atoms with Crippen LogP contribution in [0.15, 0.2) is 54.9 Å². The van der Waals surface area contributed by atoms with E-state index < -0.39 is 5.82 Å². The van der Waals surface area contributed by atoms with Crippen LogP contribution in [0.3, 0.4) is 0 Å². The van der Waals surface area contributed by atoms with Gasteiger partial charge in [-0.2, -0.15) is 5.26 Å². The number of hydrogen-bond acceptors (Lipinski definition) is 5. The van der Waals surface area contributed by atoms with Crippen molar-refractivity contribution < 1.29 is 4.39 Å². The van der Waals surface area contributed by atoms with Crippen molar-refractivity contribution in [1.29, 1.82) is 10.7 Å². The highest BCUT2D eigenvalue weighted by molar-refractivity contribution is 6.02. The van der Waals surface area contributed by atoms with Crippen molar-refractivity contribution in [3.8, 4) is 28.5 Å². The van der Waals surface area contributed by atoms with Gasteiger partial charge in [-0.1, -0.05) is 12.1 Å². The highest BCUT2D eigenvalue weighted by Gasteiger charge is 2.25. The van der Waals surface area contributed by atoms with E-state index in [-0.39, 0.29) is 5.56 Å². The Hall–Kier alpha value is -4.02. The lowest BCUT2D eigenvalue weighted by molar-refractivity contribution is 0.197. The van der Waals surface area contributed by atoms with E-state index in [1.54, 1.807) is 6.07 Å². The number of pyridine rings is 1. The minimum atomic E-state index is -0.546. The lowest BCUT2D eigenvalue weighted by Gasteiger charge is -2.33. The van der Waals surface area contributed by atoms with E-state index in [2.05, 4.69) is 41.1 Å². The van der Waals surface area contributed by atoms with E-state index in [4.69, 9.17) is 10.4 Å². The van der Waals surface area contributed by atoms with Gasteiger partial charge in [0.2, 0.25) is 0 Å². The summed E-state index contributed by atoms with van der Waals surface area (Å²) in [4.78, 5) is 7.23. The molecule has 0 saturated heterocycles. The Morgan fingerprint density at radius 3 is 2.51 bits per heavy atom. The molecule has 0 spiro atoms. The van der Waals surface area contributed by atoms with Gasteiger partial charge in [0.05, 0.1) is 23.0 Å². The third-order valence-corrected chi connectivity index (χ3v) is 7.70. The summed E-state index contributed by atoms with van der Waals surface area (Å²) in [5.74, 6) is -0.546. The topological polar surface area (TPSA) is 80.7 Å². The average Bonchev–Trinajstić information content (AvgIpc) is 3.36. The van der Waals surface area contributed by atoms with E-state index in [0.29, 0.717) is 17.6 Å². The van der Waals surface area contributed by atoms with Crippen LogP contribution < -0.4 is 5.32 Å². The fourth-order valence-electron chi connectivity index (χ4n) is 5.63. The zero-order valence-corrected chi connectivity index (χ0v) is 21.4. The number of aromatic nitrogens is 2. The third-order valence-electron chi connectivity index (χ3n) is 7.70. The summed E-state index contributed by atoms with van der Waals surface area (Å²) in [5.41, 5.74) is 5.71. The standard InChI is InChI=1S/C30H31FN6/c1-34-27-11-6-20(14-22(27)17-33)30-29(19-4-5-21(16-32)26(31)15-19)25-12-13-37(28(25)18-35-30)24-9-7-23(8-10-24)36(2)3/h4-6,11-15,17-18,23-24,33-34H,7-10H2,1-3H3. The normalized spacial score (nSPS) is 17.6. The summed E-state index contributed by atoms with van der Waals surface area (Å²) in [6.07, 6.45) is 9.87. The molecule has 188 valence electrons. The quantitative estimate of drug-likeness (QED) is 0.301. The number of halogens is 1. The fraction of sp³-hybridized carbons (Fsp3) is 0.300. The molecular weight excluding hydrogens is 463 g/mol. The molecule has 2 N–H and O–H groups in total. The molecule has 1 saturated carbocycles. The Labute approximate surface area is 216 Å². The van der Waals surface area contributed by atoms with Crippen LogP contribution in [0.4, 0.5) is 10.1 Å². The van der Waals surface area contributed by atoms with Crippen LogP contribution in [0.2, 0.25) is 0 Å². The Balaban J connectivity index is 1.67. The molecule has 0 bridgehead atoms. The van der Waals surface area contributed by atoms with Crippen molar-refractivity contribution in [3.63, 3.8) is 0 Å². The zero-order valence-electron chi connectivity index (χ0n) is 21.4. The van der Waals surface area contributed by atoms with E-state index in [0.717, 1.165) is 64.7 Å². The predicted molar refractivity (Wildman–Crippen MR) is 148 cm³/mol. The monoisotopic (exact) mass is 494 g/mol. The first kappa shape index (κ1) is 24.7. The fourth-order valence-corrected chi connectivity index (χ4v) is 5.63. The lowest BCUT2D eigenvalue weighted by Crippen LogP contribution is -2.32. The van der Waals surface area contributed by atoms with Gasteiger partial charge < -0.3 is 20.2 Å². The molecule has 7 heteroatoms. The molecule has 0 aliphatic heterocycles. The summed E-state index contributed by atoms with van der Waals surface area (Å²) < 4.78 is 17.1. The predicted octanol–water partition coefficient (Wildman–Crippen LogP) is 6.47. The largest absolute Gasteiger partial charge is 0.388 e. The number of nitrogens with zero attached hydrogens (tertiary/aromatic N) is 4. The van der Waals surface area contributed by atoms with E-state index in [9.17, 15) is 9.65 Å². The van der Waals surface area contributed by atoms with Gasteiger partial charge >= 0.3 is 0 Å². The minimum absolute atomic E-state index is 0.0186. The number of nitriles is 1. The lowest BCUT2D eigenvalue weighted by atomic mass is 9.90. The van der Waals surface area contributed by atoms with Gasteiger partial charge in [-0.3, -0.25) is 4.98 Å². The molecular formula is C30H31FN6. The van der Waals surface area contributed by atoms with Crippen molar-refractivity contribution in [2.45, 2.75) is 37.8 Å². The Morgan fingerprint density at radius 2 is 1.86 bits per heavy atom.